The fraction of sp³-hybridized carbons (Fsp3) is 0.400. The van der Waals surface area contributed by atoms with E-state index < -0.39 is 22.2 Å². The highest BCUT2D eigenvalue weighted by Gasteiger charge is 2.47. The molecule has 0 radical (unpaired) electrons. The van der Waals surface area contributed by atoms with Crippen LogP contribution in [0.3, 0.4) is 0 Å². The molecule has 0 N–H and O–H groups in total. The molecule has 0 amide bonds. The third kappa shape index (κ3) is 3.20. The van der Waals surface area contributed by atoms with Crippen LogP contribution in [0.2, 0.25) is 9.62 Å². The van der Waals surface area contributed by atoms with Gasteiger partial charge >= 0.3 is 15.6 Å². The Morgan fingerprint density at radius 3 is 2.31 bits per heavy atom. The van der Waals surface area contributed by atoms with E-state index in [0.717, 1.165) is 11.3 Å². The Morgan fingerprint density at radius 2 is 1.94 bits per heavy atom. The van der Waals surface area contributed by atoms with Crippen LogP contribution in [-0.4, -0.2) is 18.9 Å². The molecule has 4 nitrogen and oxygen atoms in total. The maximum Gasteiger partial charge on any atom is 0.523 e. The zero-order valence-electron chi connectivity index (χ0n) is 7.09. The van der Waals surface area contributed by atoms with Crippen molar-refractivity contribution in [2.75, 3.05) is 0 Å². The fourth-order valence-corrected chi connectivity index (χ4v) is 2.37. The second-order valence-electron chi connectivity index (χ2n) is 2.34. The molecule has 1 rings (SSSR count). The monoisotopic (exact) mass is 315 g/mol. The zero-order valence-corrected chi connectivity index (χ0v) is 10.2. The van der Waals surface area contributed by atoms with Gasteiger partial charge in [-0.2, -0.15) is 21.6 Å². The van der Waals surface area contributed by atoms with Crippen molar-refractivity contribution >= 4 is 44.7 Å². The molecular formula is C5H2Cl2F3NO3S2. The summed E-state index contributed by atoms with van der Waals surface area (Å²) in [6.45, 7) is -0.856. The van der Waals surface area contributed by atoms with Gasteiger partial charge in [0.2, 0.25) is 0 Å². The lowest BCUT2D eigenvalue weighted by molar-refractivity contribution is -0.0547. The highest BCUT2D eigenvalue weighted by atomic mass is 35.5. The fourth-order valence-electron chi connectivity index (χ4n) is 0.593. The van der Waals surface area contributed by atoms with Crippen LogP contribution in [0.4, 0.5) is 13.2 Å². The summed E-state index contributed by atoms with van der Waals surface area (Å²) in [7, 11) is -5.63. The number of nitrogens with zero attached hydrogens (tertiary/aromatic N) is 1. The first kappa shape index (κ1) is 14.0. The maximum absolute atomic E-state index is 11.9. The number of thiazole rings is 1. The molecule has 1 aromatic rings. The molecule has 16 heavy (non-hydrogen) atoms. The van der Waals surface area contributed by atoms with Crippen LogP contribution in [0.25, 0.3) is 0 Å². The van der Waals surface area contributed by atoms with E-state index in [1.54, 1.807) is 0 Å². The lowest BCUT2D eigenvalue weighted by Gasteiger charge is -2.06. The summed E-state index contributed by atoms with van der Waals surface area (Å²) in [5.74, 6) is 0. The van der Waals surface area contributed by atoms with Crippen LogP contribution in [0.15, 0.2) is 0 Å². The first-order valence-electron chi connectivity index (χ1n) is 3.40. The van der Waals surface area contributed by atoms with Gasteiger partial charge in [0.05, 0.1) is 4.88 Å². The van der Waals surface area contributed by atoms with E-state index in [0.29, 0.717) is 0 Å². The Bertz CT molecular complexity index is 484. The molecule has 1 heterocycles. The summed E-state index contributed by atoms with van der Waals surface area (Å²) in [5, 5.41) is -0.188. The van der Waals surface area contributed by atoms with E-state index in [1.165, 1.54) is 0 Å². The topological polar surface area (TPSA) is 56.3 Å². The molecule has 0 spiro atoms. The van der Waals surface area contributed by atoms with Gasteiger partial charge in [0.15, 0.2) is 4.47 Å². The average molecular weight is 316 g/mol. The van der Waals surface area contributed by atoms with Crippen molar-refractivity contribution in [2.45, 2.75) is 12.1 Å². The molecule has 0 bridgehead atoms. The lowest BCUT2D eigenvalue weighted by atomic mass is 10.6. The smallest absolute Gasteiger partial charge is 0.257 e. The third-order valence-corrected chi connectivity index (χ3v) is 3.81. The minimum absolute atomic E-state index is 0.000471. The number of hydrogen-bond donors (Lipinski definition) is 0. The van der Waals surface area contributed by atoms with Crippen molar-refractivity contribution in [3.8, 4) is 0 Å². The quantitative estimate of drug-likeness (QED) is 0.635. The average Bonchev–Trinajstić information content (AvgIpc) is 2.39. The molecule has 0 fully saturated rings. The van der Waals surface area contributed by atoms with Gasteiger partial charge in [-0.3, -0.25) is 4.18 Å². The van der Waals surface area contributed by atoms with Gasteiger partial charge in [-0.1, -0.05) is 23.2 Å². The Labute approximate surface area is 102 Å². The van der Waals surface area contributed by atoms with Crippen LogP contribution >= 0.6 is 34.5 Å². The molecule has 0 atom stereocenters. The normalized spacial score (nSPS) is 13.1. The van der Waals surface area contributed by atoms with Gasteiger partial charge in [-0.05, 0) is 0 Å². The summed E-state index contributed by atoms with van der Waals surface area (Å²) in [5.41, 5.74) is -5.46. The number of hydrogen-bond acceptors (Lipinski definition) is 5. The highest BCUT2D eigenvalue weighted by Crippen LogP contribution is 2.30. The van der Waals surface area contributed by atoms with Gasteiger partial charge in [-0.15, -0.1) is 11.3 Å². The Morgan fingerprint density at radius 1 is 1.38 bits per heavy atom. The first-order valence-corrected chi connectivity index (χ1v) is 6.38. The van der Waals surface area contributed by atoms with Gasteiger partial charge in [0.25, 0.3) is 0 Å². The van der Waals surface area contributed by atoms with Crippen molar-refractivity contribution in [1.82, 2.24) is 4.98 Å². The first-order chi connectivity index (χ1) is 7.13. The second-order valence-corrected chi connectivity index (χ2v) is 5.97. The summed E-state index contributed by atoms with van der Waals surface area (Å²) < 4.78 is 60.3. The SMILES string of the molecule is O=S(=O)(OCc1sc(Cl)nc1Cl)C(F)(F)F. The molecule has 1 aromatic heterocycles. The number of alkyl halides is 3. The van der Waals surface area contributed by atoms with Gasteiger partial charge in [-0.25, -0.2) is 4.98 Å². The molecule has 92 valence electrons. The Balaban J connectivity index is 2.77. The number of halogens is 5. The third-order valence-electron chi connectivity index (χ3n) is 1.25. The van der Waals surface area contributed by atoms with Crippen molar-refractivity contribution in [3.63, 3.8) is 0 Å². The Hall–Kier alpha value is -0.0900. The van der Waals surface area contributed by atoms with Crippen LogP contribution in [0.5, 0.6) is 0 Å². The van der Waals surface area contributed by atoms with E-state index in [2.05, 4.69) is 9.17 Å². The largest absolute Gasteiger partial charge is 0.523 e. The maximum atomic E-state index is 11.9. The molecule has 0 saturated carbocycles. The van der Waals surface area contributed by atoms with E-state index >= 15 is 0 Å². The summed E-state index contributed by atoms with van der Waals surface area (Å²) in [4.78, 5) is 3.47. The summed E-state index contributed by atoms with van der Waals surface area (Å²) >= 11 is 11.6. The number of aromatic nitrogens is 1. The summed E-state index contributed by atoms with van der Waals surface area (Å²) in [6.07, 6.45) is 0. The van der Waals surface area contributed by atoms with Crippen LogP contribution in [0.1, 0.15) is 4.88 Å². The molecule has 11 heteroatoms. The van der Waals surface area contributed by atoms with Crippen molar-refractivity contribution in [2.24, 2.45) is 0 Å². The Kier molecular flexibility index (Phi) is 4.06. The van der Waals surface area contributed by atoms with Crippen molar-refractivity contribution in [1.29, 1.82) is 0 Å². The van der Waals surface area contributed by atoms with E-state index in [1.807, 2.05) is 0 Å². The standard InChI is InChI=1S/C5H2Cl2F3NO3S2/c6-3-2(15-4(7)11-3)1-14-16(12,13)5(8,9)10/h1H2. The summed E-state index contributed by atoms with van der Waals surface area (Å²) in [6, 6.07) is 0. The van der Waals surface area contributed by atoms with Crippen LogP contribution < -0.4 is 0 Å². The predicted octanol–water partition coefficient (Wildman–Crippen LogP) is 2.82. The zero-order chi connectivity index (χ0) is 12.6. The van der Waals surface area contributed by atoms with Gasteiger partial charge < -0.3 is 0 Å². The second kappa shape index (κ2) is 4.65. The molecule has 0 aliphatic carbocycles. The number of rotatable bonds is 3. The van der Waals surface area contributed by atoms with E-state index in [-0.39, 0.29) is 14.5 Å². The van der Waals surface area contributed by atoms with Gasteiger partial charge in [0, 0.05) is 0 Å². The van der Waals surface area contributed by atoms with Gasteiger partial charge in [0.1, 0.15) is 11.8 Å². The van der Waals surface area contributed by atoms with Crippen molar-refractivity contribution < 1.29 is 25.8 Å². The highest BCUT2D eigenvalue weighted by molar-refractivity contribution is 7.87. The predicted molar refractivity (Wildman–Crippen MR) is 51.9 cm³/mol. The van der Waals surface area contributed by atoms with E-state index in [9.17, 15) is 21.6 Å². The van der Waals surface area contributed by atoms with Crippen molar-refractivity contribution in [3.05, 3.63) is 14.5 Å². The molecule has 0 saturated heterocycles. The lowest BCUT2D eigenvalue weighted by Crippen LogP contribution is -2.25. The van der Waals surface area contributed by atoms with Crippen LogP contribution in [0, 0.1) is 0 Å². The molecule has 0 aromatic carbocycles. The minimum Gasteiger partial charge on any atom is -0.257 e. The minimum atomic E-state index is -5.63. The molecule has 0 aliphatic heterocycles. The molecule has 0 aliphatic rings. The van der Waals surface area contributed by atoms with E-state index in [4.69, 9.17) is 23.2 Å². The van der Waals surface area contributed by atoms with Crippen LogP contribution in [-0.2, 0) is 20.9 Å². The molecule has 0 unspecified atom stereocenters. The molecular weight excluding hydrogens is 314 g/mol.